The van der Waals surface area contributed by atoms with Gasteiger partial charge in [0.1, 0.15) is 17.5 Å². The number of hydrogen-bond donors (Lipinski definition) is 1. The van der Waals surface area contributed by atoms with E-state index in [1.165, 1.54) is 0 Å². The second-order valence-electron chi connectivity index (χ2n) is 5.22. The predicted octanol–water partition coefficient (Wildman–Crippen LogP) is 1.15. The Balaban J connectivity index is 2.12. The van der Waals surface area contributed by atoms with Gasteiger partial charge in [0.05, 0.1) is 0 Å². The topological polar surface area (TPSA) is 69.6 Å². The number of hydrogen-bond acceptors (Lipinski definition) is 5. The first-order valence-corrected chi connectivity index (χ1v) is 6.45. The van der Waals surface area contributed by atoms with Gasteiger partial charge in [-0.15, -0.1) is 0 Å². The summed E-state index contributed by atoms with van der Waals surface area (Å²) in [5, 5.41) is 8.84. The maximum atomic E-state index is 10.7. The second kappa shape index (κ2) is 5.42. The van der Waals surface area contributed by atoms with E-state index in [0.29, 0.717) is 0 Å². The molecular weight excluding hydrogens is 244 g/mol. The van der Waals surface area contributed by atoms with Crippen LogP contribution in [0, 0.1) is 12.8 Å². The van der Waals surface area contributed by atoms with Gasteiger partial charge < -0.3 is 14.9 Å². The fraction of sp³-hybridized carbons (Fsp3) is 0.615. The smallest absolute Gasteiger partial charge is 0.303 e. The van der Waals surface area contributed by atoms with E-state index in [1.807, 2.05) is 32.0 Å². The van der Waals surface area contributed by atoms with Crippen LogP contribution in [0.4, 0.5) is 11.6 Å². The first kappa shape index (κ1) is 13.6. The highest BCUT2D eigenvalue weighted by Gasteiger charge is 2.25. The highest BCUT2D eigenvalue weighted by Crippen LogP contribution is 2.26. The average molecular weight is 264 g/mol. The van der Waals surface area contributed by atoms with Gasteiger partial charge in [-0.05, 0) is 19.3 Å². The maximum Gasteiger partial charge on any atom is 0.303 e. The molecule has 6 heteroatoms. The van der Waals surface area contributed by atoms with E-state index in [0.717, 1.165) is 37.0 Å². The largest absolute Gasteiger partial charge is 0.481 e. The molecule has 2 rings (SSSR count). The molecule has 6 nitrogen and oxygen atoms in total. The van der Waals surface area contributed by atoms with E-state index in [-0.39, 0.29) is 12.3 Å². The van der Waals surface area contributed by atoms with Crippen molar-refractivity contribution in [3.05, 3.63) is 11.9 Å². The molecule has 1 unspecified atom stereocenters. The number of carbonyl (C=O) groups is 1. The maximum absolute atomic E-state index is 10.7. The van der Waals surface area contributed by atoms with Crippen molar-refractivity contribution in [2.75, 3.05) is 37.0 Å². The van der Waals surface area contributed by atoms with Crippen molar-refractivity contribution in [3.63, 3.8) is 0 Å². The molecule has 1 N–H and O–H groups in total. The second-order valence-corrected chi connectivity index (χ2v) is 5.22. The van der Waals surface area contributed by atoms with E-state index >= 15 is 0 Å². The number of aromatic nitrogens is 2. The Morgan fingerprint density at radius 2 is 2.26 bits per heavy atom. The quantitative estimate of drug-likeness (QED) is 0.880. The third kappa shape index (κ3) is 3.33. The zero-order valence-corrected chi connectivity index (χ0v) is 11.6. The van der Waals surface area contributed by atoms with Crippen LogP contribution in [0.3, 0.4) is 0 Å². The lowest BCUT2D eigenvalue weighted by atomic mass is 10.1. The predicted molar refractivity (Wildman–Crippen MR) is 73.7 cm³/mol. The standard InChI is InChI=1S/C13H20N4O2/c1-9-14-11(16(2)3)7-12(15-9)17-5-4-10(8-17)6-13(18)19/h7,10H,4-6,8H2,1-3H3,(H,18,19). The molecule has 0 amide bonds. The minimum absolute atomic E-state index is 0.218. The van der Waals surface area contributed by atoms with Crippen LogP contribution in [0.15, 0.2) is 6.07 Å². The van der Waals surface area contributed by atoms with Crippen molar-refractivity contribution in [2.45, 2.75) is 19.8 Å². The number of aryl methyl sites for hydroxylation is 1. The summed E-state index contributed by atoms with van der Waals surface area (Å²) < 4.78 is 0. The average Bonchev–Trinajstić information content (AvgIpc) is 2.75. The number of nitrogens with zero attached hydrogens (tertiary/aromatic N) is 4. The Kier molecular flexibility index (Phi) is 3.87. The molecular formula is C13H20N4O2. The van der Waals surface area contributed by atoms with Crippen LogP contribution in [0.5, 0.6) is 0 Å². The molecule has 2 heterocycles. The minimum Gasteiger partial charge on any atom is -0.481 e. The van der Waals surface area contributed by atoms with Gasteiger partial charge >= 0.3 is 5.97 Å². The number of aliphatic carboxylic acids is 1. The molecule has 1 saturated heterocycles. The van der Waals surface area contributed by atoms with Gasteiger partial charge in [0.15, 0.2) is 0 Å². The third-order valence-electron chi connectivity index (χ3n) is 3.34. The number of carboxylic acids is 1. The highest BCUT2D eigenvalue weighted by atomic mass is 16.4. The highest BCUT2D eigenvalue weighted by molar-refractivity contribution is 5.67. The Morgan fingerprint density at radius 1 is 1.53 bits per heavy atom. The molecule has 0 bridgehead atoms. The van der Waals surface area contributed by atoms with Gasteiger partial charge in [-0.2, -0.15) is 0 Å². The van der Waals surface area contributed by atoms with Crippen LogP contribution in [-0.2, 0) is 4.79 Å². The van der Waals surface area contributed by atoms with Gasteiger partial charge in [0.25, 0.3) is 0 Å². The molecule has 19 heavy (non-hydrogen) atoms. The number of rotatable bonds is 4. The molecule has 0 aliphatic carbocycles. The van der Waals surface area contributed by atoms with Crippen molar-refractivity contribution in [2.24, 2.45) is 5.92 Å². The summed E-state index contributed by atoms with van der Waals surface area (Å²) in [5.41, 5.74) is 0. The van der Waals surface area contributed by atoms with Crippen LogP contribution in [-0.4, -0.2) is 48.2 Å². The number of carboxylic acid groups (broad SMARTS) is 1. The lowest BCUT2D eigenvalue weighted by Crippen LogP contribution is -2.23. The minimum atomic E-state index is -0.723. The van der Waals surface area contributed by atoms with E-state index in [1.54, 1.807) is 0 Å². The van der Waals surface area contributed by atoms with Gasteiger partial charge in [0, 0.05) is 39.7 Å². The summed E-state index contributed by atoms with van der Waals surface area (Å²) in [7, 11) is 3.89. The molecule has 1 aliphatic rings. The normalized spacial score (nSPS) is 18.7. The summed E-state index contributed by atoms with van der Waals surface area (Å²) in [5.74, 6) is 2.01. The summed E-state index contributed by atoms with van der Waals surface area (Å²) >= 11 is 0. The van der Waals surface area contributed by atoms with E-state index < -0.39 is 5.97 Å². The molecule has 0 aromatic carbocycles. The molecule has 0 saturated carbocycles. The van der Waals surface area contributed by atoms with E-state index in [9.17, 15) is 4.79 Å². The van der Waals surface area contributed by atoms with Gasteiger partial charge in [-0.25, -0.2) is 9.97 Å². The third-order valence-corrected chi connectivity index (χ3v) is 3.34. The SMILES string of the molecule is Cc1nc(N(C)C)cc(N2CCC(CC(=O)O)C2)n1. The Bertz CT molecular complexity index is 476. The fourth-order valence-electron chi connectivity index (χ4n) is 2.38. The van der Waals surface area contributed by atoms with Crippen molar-refractivity contribution in [1.29, 1.82) is 0 Å². The van der Waals surface area contributed by atoms with Gasteiger partial charge in [0.2, 0.25) is 0 Å². The lowest BCUT2D eigenvalue weighted by Gasteiger charge is -2.20. The lowest BCUT2D eigenvalue weighted by molar-refractivity contribution is -0.137. The summed E-state index contributed by atoms with van der Waals surface area (Å²) in [6.07, 6.45) is 1.15. The summed E-state index contributed by atoms with van der Waals surface area (Å²) in [6.45, 7) is 3.50. The van der Waals surface area contributed by atoms with E-state index in [2.05, 4.69) is 14.9 Å². The fourth-order valence-corrected chi connectivity index (χ4v) is 2.38. The first-order chi connectivity index (χ1) is 8.95. The molecule has 1 aliphatic heterocycles. The van der Waals surface area contributed by atoms with Gasteiger partial charge in [-0.3, -0.25) is 4.79 Å². The van der Waals surface area contributed by atoms with Gasteiger partial charge in [-0.1, -0.05) is 0 Å². The Labute approximate surface area is 113 Å². The molecule has 1 aromatic heterocycles. The Morgan fingerprint density at radius 3 is 2.89 bits per heavy atom. The first-order valence-electron chi connectivity index (χ1n) is 6.45. The zero-order valence-electron chi connectivity index (χ0n) is 11.6. The monoisotopic (exact) mass is 264 g/mol. The van der Waals surface area contributed by atoms with Crippen molar-refractivity contribution in [3.8, 4) is 0 Å². The summed E-state index contributed by atoms with van der Waals surface area (Å²) in [6, 6.07) is 1.95. The molecule has 1 atom stereocenters. The molecule has 0 spiro atoms. The zero-order chi connectivity index (χ0) is 14.0. The molecule has 0 radical (unpaired) electrons. The van der Waals surface area contributed by atoms with Crippen molar-refractivity contribution >= 4 is 17.6 Å². The van der Waals surface area contributed by atoms with Crippen LogP contribution < -0.4 is 9.80 Å². The Hall–Kier alpha value is -1.85. The summed E-state index contributed by atoms with van der Waals surface area (Å²) in [4.78, 5) is 23.7. The van der Waals surface area contributed by atoms with Crippen LogP contribution in [0.25, 0.3) is 0 Å². The molecule has 1 aromatic rings. The number of anilines is 2. The van der Waals surface area contributed by atoms with Crippen molar-refractivity contribution < 1.29 is 9.90 Å². The molecule has 1 fully saturated rings. The van der Waals surface area contributed by atoms with E-state index in [4.69, 9.17) is 5.11 Å². The molecule has 104 valence electrons. The van der Waals surface area contributed by atoms with Crippen LogP contribution in [0.1, 0.15) is 18.7 Å². The van der Waals surface area contributed by atoms with Crippen LogP contribution in [0.2, 0.25) is 0 Å². The van der Waals surface area contributed by atoms with Crippen molar-refractivity contribution in [1.82, 2.24) is 9.97 Å². The van der Waals surface area contributed by atoms with Crippen LogP contribution >= 0.6 is 0 Å².